The van der Waals surface area contributed by atoms with Gasteiger partial charge in [0, 0.05) is 29.8 Å². The molecule has 2 rings (SSSR count). The van der Waals surface area contributed by atoms with Crippen LogP contribution in [-0.2, 0) is 11.2 Å². The molecule has 0 radical (unpaired) electrons. The molecule has 1 aromatic carbocycles. The third-order valence-electron chi connectivity index (χ3n) is 2.72. The first kappa shape index (κ1) is 13.7. The van der Waals surface area contributed by atoms with Crippen molar-refractivity contribution in [1.29, 1.82) is 0 Å². The van der Waals surface area contributed by atoms with Crippen molar-refractivity contribution in [3.63, 3.8) is 0 Å². The molecule has 19 heavy (non-hydrogen) atoms. The first-order valence-corrected chi connectivity index (χ1v) is 7.24. The highest BCUT2D eigenvalue weighted by atomic mass is 79.9. The highest BCUT2D eigenvalue weighted by Gasteiger charge is 2.01. The number of anilines is 1. The quantitative estimate of drug-likeness (QED) is 0.858. The molecule has 0 aliphatic carbocycles. The van der Waals surface area contributed by atoms with Crippen molar-refractivity contribution in [3.8, 4) is 0 Å². The minimum atomic E-state index is 0.0266. The molecule has 0 unspecified atom stereocenters. The first-order valence-electron chi connectivity index (χ1n) is 6.11. The largest absolute Gasteiger partial charge is 0.326 e. The van der Waals surface area contributed by atoms with Gasteiger partial charge in [-0.15, -0.1) is 0 Å². The summed E-state index contributed by atoms with van der Waals surface area (Å²) in [6.45, 7) is 0. The van der Waals surface area contributed by atoms with E-state index in [0.717, 1.165) is 12.1 Å². The van der Waals surface area contributed by atoms with Crippen LogP contribution < -0.4 is 5.32 Å². The summed E-state index contributed by atoms with van der Waals surface area (Å²) in [4.78, 5) is 15.4. The summed E-state index contributed by atoms with van der Waals surface area (Å²) in [7, 11) is 0. The number of hydrogen-bond donors (Lipinski definition) is 1. The van der Waals surface area contributed by atoms with E-state index in [1.54, 1.807) is 12.4 Å². The molecule has 1 N–H and O–H groups in total. The molecule has 1 aromatic heterocycles. The standard InChI is InChI=1S/C15H15BrN2O/c16-8-5-15(19)18-14-3-1-12(2-4-14)11-13-6-9-17-10-7-13/h1-4,6-7,9-10H,5,8,11H2,(H,18,19). The summed E-state index contributed by atoms with van der Waals surface area (Å²) in [6.07, 6.45) is 4.95. The molecule has 0 spiro atoms. The van der Waals surface area contributed by atoms with E-state index in [2.05, 4.69) is 26.2 Å². The lowest BCUT2D eigenvalue weighted by atomic mass is 10.1. The molecule has 0 atom stereocenters. The fourth-order valence-electron chi connectivity index (χ4n) is 1.75. The maximum absolute atomic E-state index is 11.4. The Kier molecular flexibility index (Phi) is 5.10. The Bertz CT molecular complexity index is 526. The topological polar surface area (TPSA) is 42.0 Å². The van der Waals surface area contributed by atoms with Gasteiger partial charge >= 0.3 is 0 Å². The molecular weight excluding hydrogens is 304 g/mol. The third kappa shape index (κ3) is 4.48. The van der Waals surface area contributed by atoms with E-state index >= 15 is 0 Å². The van der Waals surface area contributed by atoms with Crippen LogP contribution in [0.1, 0.15) is 17.5 Å². The molecule has 0 aliphatic heterocycles. The van der Waals surface area contributed by atoms with Crippen LogP contribution in [0.4, 0.5) is 5.69 Å². The van der Waals surface area contributed by atoms with Crippen LogP contribution in [0.15, 0.2) is 48.8 Å². The lowest BCUT2D eigenvalue weighted by Gasteiger charge is -2.06. The normalized spacial score (nSPS) is 10.2. The molecule has 2 aromatic rings. The molecular formula is C15H15BrN2O. The minimum Gasteiger partial charge on any atom is -0.326 e. The van der Waals surface area contributed by atoms with Gasteiger partial charge in [0.15, 0.2) is 0 Å². The number of carbonyl (C=O) groups excluding carboxylic acids is 1. The van der Waals surface area contributed by atoms with Gasteiger partial charge in [0.2, 0.25) is 5.91 Å². The number of nitrogens with zero attached hydrogens (tertiary/aromatic N) is 1. The molecule has 1 heterocycles. The average Bonchev–Trinajstić information content (AvgIpc) is 2.42. The van der Waals surface area contributed by atoms with E-state index in [1.807, 2.05) is 36.4 Å². The molecule has 0 aliphatic rings. The van der Waals surface area contributed by atoms with Crippen molar-refractivity contribution in [2.75, 3.05) is 10.6 Å². The van der Waals surface area contributed by atoms with Crippen molar-refractivity contribution in [1.82, 2.24) is 4.98 Å². The number of amides is 1. The number of aromatic nitrogens is 1. The zero-order chi connectivity index (χ0) is 13.5. The Labute approximate surface area is 121 Å². The molecule has 0 saturated carbocycles. The molecule has 0 saturated heterocycles. The average molecular weight is 319 g/mol. The summed E-state index contributed by atoms with van der Waals surface area (Å²) in [5.41, 5.74) is 3.28. The number of carbonyl (C=O) groups is 1. The van der Waals surface area contributed by atoms with E-state index in [0.29, 0.717) is 11.8 Å². The van der Waals surface area contributed by atoms with Crippen LogP contribution >= 0.6 is 15.9 Å². The van der Waals surface area contributed by atoms with Crippen LogP contribution in [0.25, 0.3) is 0 Å². The molecule has 1 amide bonds. The zero-order valence-electron chi connectivity index (χ0n) is 10.5. The first-order chi connectivity index (χ1) is 9.28. The Morgan fingerprint density at radius 2 is 1.68 bits per heavy atom. The summed E-state index contributed by atoms with van der Waals surface area (Å²) >= 11 is 3.25. The fraction of sp³-hybridized carbons (Fsp3) is 0.200. The van der Waals surface area contributed by atoms with Gasteiger partial charge in [-0.3, -0.25) is 9.78 Å². The van der Waals surface area contributed by atoms with Crippen molar-refractivity contribution in [2.45, 2.75) is 12.8 Å². The fourth-order valence-corrected chi connectivity index (χ4v) is 2.11. The van der Waals surface area contributed by atoms with Crippen molar-refractivity contribution in [3.05, 3.63) is 59.9 Å². The van der Waals surface area contributed by atoms with Gasteiger partial charge in [-0.05, 0) is 41.8 Å². The number of rotatable bonds is 5. The van der Waals surface area contributed by atoms with Gasteiger partial charge in [0.25, 0.3) is 0 Å². The Balaban J connectivity index is 1.97. The van der Waals surface area contributed by atoms with Crippen LogP contribution in [0, 0.1) is 0 Å². The number of benzene rings is 1. The molecule has 4 heteroatoms. The Morgan fingerprint density at radius 1 is 1.05 bits per heavy atom. The summed E-state index contributed by atoms with van der Waals surface area (Å²) in [5.74, 6) is 0.0266. The number of hydrogen-bond acceptors (Lipinski definition) is 2. The number of nitrogens with one attached hydrogen (secondary N) is 1. The lowest BCUT2D eigenvalue weighted by molar-refractivity contribution is -0.115. The van der Waals surface area contributed by atoms with Gasteiger partial charge in [0.05, 0.1) is 0 Å². The predicted molar refractivity (Wildman–Crippen MR) is 80.5 cm³/mol. The summed E-state index contributed by atoms with van der Waals surface area (Å²) in [5, 5.41) is 3.53. The second-order valence-corrected chi connectivity index (χ2v) is 5.01. The van der Waals surface area contributed by atoms with E-state index in [1.165, 1.54) is 11.1 Å². The number of pyridine rings is 1. The van der Waals surface area contributed by atoms with Crippen molar-refractivity contribution in [2.24, 2.45) is 0 Å². The summed E-state index contributed by atoms with van der Waals surface area (Å²) < 4.78 is 0. The van der Waals surface area contributed by atoms with Crippen LogP contribution in [-0.4, -0.2) is 16.2 Å². The van der Waals surface area contributed by atoms with Gasteiger partial charge < -0.3 is 5.32 Å². The molecule has 3 nitrogen and oxygen atoms in total. The third-order valence-corrected chi connectivity index (χ3v) is 3.11. The van der Waals surface area contributed by atoms with Crippen LogP contribution in [0.3, 0.4) is 0 Å². The smallest absolute Gasteiger partial charge is 0.225 e. The van der Waals surface area contributed by atoms with Crippen molar-refractivity contribution >= 4 is 27.5 Å². The van der Waals surface area contributed by atoms with Gasteiger partial charge in [0.1, 0.15) is 0 Å². The molecule has 0 fully saturated rings. The summed E-state index contributed by atoms with van der Waals surface area (Å²) in [6, 6.07) is 11.9. The second kappa shape index (κ2) is 7.04. The van der Waals surface area contributed by atoms with Crippen LogP contribution in [0.5, 0.6) is 0 Å². The Hall–Kier alpha value is -1.68. The second-order valence-electron chi connectivity index (χ2n) is 4.22. The van der Waals surface area contributed by atoms with Crippen molar-refractivity contribution < 1.29 is 4.79 Å². The lowest BCUT2D eigenvalue weighted by Crippen LogP contribution is -2.11. The van der Waals surface area contributed by atoms with E-state index in [9.17, 15) is 4.79 Å². The highest BCUT2D eigenvalue weighted by molar-refractivity contribution is 9.09. The van der Waals surface area contributed by atoms with E-state index in [-0.39, 0.29) is 5.91 Å². The highest BCUT2D eigenvalue weighted by Crippen LogP contribution is 2.13. The van der Waals surface area contributed by atoms with E-state index < -0.39 is 0 Å². The zero-order valence-corrected chi connectivity index (χ0v) is 12.1. The Morgan fingerprint density at radius 3 is 2.32 bits per heavy atom. The maximum atomic E-state index is 11.4. The van der Waals surface area contributed by atoms with Gasteiger partial charge in [-0.25, -0.2) is 0 Å². The molecule has 98 valence electrons. The van der Waals surface area contributed by atoms with Gasteiger partial charge in [-0.1, -0.05) is 28.1 Å². The number of alkyl halides is 1. The number of halogens is 1. The van der Waals surface area contributed by atoms with E-state index in [4.69, 9.17) is 0 Å². The predicted octanol–water partition coefficient (Wildman–Crippen LogP) is 3.40. The minimum absolute atomic E-state index is 0.0266. The SMILES string of the molecule is O=C(CCBr)Nc1ccc(Cc2ccncc2)cc1. The molecule has 0 bridgehead atoms. The monoisotopic (exact) mass is 318 g/mol. The van der Waals surface area contributed by atoms with Gasteiger partial charge in [-0.2, -0.15) is 0 Å². The van der Waals surface area contributed by atoms with Crippen LogP contribution in [0.2, 0.25) is 0 Å². The maximum Gasteiger partial charge on any atom is 0.225 e.